The molecule has 44 heteroatoms. The van der Waals surface area contributed by atoms with Gasteiger partial charge in [0, 0.05) is 30.5 Å². The molecule has 1 aliphatic rings. The number of hydrogen-bond acceptors (Lipinski definition) is 26. The molecule has 0 radical (unpaired) electrons. The molecule has 44 nitrogen and oxygen atoms in total. The van der Waals surface area contributed by atoms with E-state index in [0.717, 1.165) is 52.9 Å². The molecule has 13 atom stereocenters. The molecule has 2 aromatic rings. The number of carbonyl (C=O) groups excluding carboxylic acids is 16. The van der Waals surface area contributed by atoms with Gasteiger partial charge in [0.05, 0.1) is 66.0 Å². The molecule has 2 aromatic carbocycles. The minimum atomic E-state index is -2.46. The lowest BCUT2D eigenvalue weighted by Gasteiger charge is -2.30. The number of unbranched alkanes of at least 4 members (excludes halogenated alkanes) is 6. The van der Waals surface area contributed by atoms with Crippen molar-refractivity contribution in [3.8, 4) is 11.5 Å². The lowest BCUT2D eigenvalue weighted by molar-refractivity contribution is -0.156. The van der Waals surface area contributed by atoms with E-state index < -0.39 is 261 Å². The summed E-state index contributed by atoms with van der Waals surface area (Å²) in [6, 6.07) is -13.1. The molecule has 640 valence electrons. The number of hydrogen-bond donors (Lipinski definition) is 21. The third kappa shape index (κ3) is 34.4. The fourth-order valence-corrected chi connectivity index (χ4v) is 11.5. The van der Waals surface area contributed by atoms with E-state index in [1.165, 1.54) is 56.7 Å². The third-order valence-electron chi connectivity index (χ3n) is 17.7. The topological polar surface area (TPSA) is 705 Å². The number of primary amides is 1. The molecule has 14 amide bonds. The van der Waals surface area contributed by atoms with Crippen molar-refractivity contribution < 1.29 is 136 Å². The van der Waals surface area contributed by atoms with Gasteiger partial charge < -0.3 is 126 Å². The smallest absolute Gasteiger partial charge is 0.329 e. The van der Waals surface area contributed by atoms with Crippen LogP contribution in [-0.2, 0) is 102 Å². The first-order chi connectivity index (χ1) is 54.7. The molecule has 1 saturated heterocycles. The maximum Gasteiger partial charge on any atom is 0.329 e. The number of carboxylic acid groups (broad SMARTS) is 4. The number of carbonyl (C=O) groups is 20. The lowest BCUT2D eigenvalue weighted by Crippen LogP contribution is -2.62. The van der Waals surface area contributed by atoms with Crippen molar-refractivity contribution in [3.05, 3.63) is 53.6 Å². The molecule has 0 unspecified atom stereocenters. The Balaban J connectivity index is 2.31. The fourth-order valence-electron chi connectivity index (χ4n) is 11.5. The minimum Gasteiger partial charge on any atom is -0.493 e. The van der Waals surface area contributed by atoms with Gasteiger partial charge in [0.25, 0.3) is 0 Å². The second-order valence-corrected chi connectivity index (χ2v) is 27.1. The molecule has 3 rings (SSSR count). The zero-order valence-corrected chi connectivity index (χ0v) is 64.8. The van der Waals surface area contributed by atoms with Crippen molar-refractivity contribution in [2.45, 2.75) is 209 Å². The van der Waals surface area contributed by atoms with E-state index in [2.05, 4.69) is 60.1 Å². The number of benzene rings is 2. The van der Waals surface area contributed by atoms with Crippen molar-refractivity contribution >= 4 is 124 Å². The van der Waals surface area contributed by atoms with E-state index in [9.17, 15) is 121 Å². The number of aliphatic hydroxyl groups excluding tert-OH is 1. The number of amides is 14. The Kier molecular flexibility index (Phi) is 41.9. The fraction of sp³-hybridized carbons (Fsp3) is 0.556. The first-order valence-electron chi connectivity index (χ1n) is 36.9. The van der Waals surface area contributed by atoms with Crippen LogP contribution in [0.1, 0.15) is 146 Å². The SMILES string of the molecule is CCCCCCCCCC(=O)N[C@@H](Cc1ccc(OC)c(OC)c1)C(=O)N[C@@H](CC(N)=O)C(=O)N[C@@H](CC(=O)O)C(=O)N[C@@H]1C(=O)NCC(=O)N[C@@H](CCCN)C(=O)N[C@@H](CC(=O)O)C(=O)N[C@H](C)C(=O)N[C@@H](CC(=O)O)C(=O)NCC(=O)N[C@H](CO)C(=O)N[C@@H]([C@@H](C)CC(=O)O)C(=O)N[C@@H](CC(=O)c2ccccc2N)C(=O)O[C@@H]1C. The number of aliphatic carboxylic acids is 4. The van der Waals surface area contributed by atoms with Gasteiger partial charge in [0.15, 0.2) is 17.3 Å². The normalized spacial score (nSPS) is 21.0. The maximum atomic E-state index is 14.8. The van der Waals surface area contributed by atoms with E-state index >= 15 is 0 Å². The maximum absolute atomic E-state index is 14.8. The van der Waals surface area contributed by atoms with Crippen molar-refractivity contribution in [1.82, 2.24) is 69.1 Å². The van der Waals surface area contributed by atoms with Crippen LogP contribution in [0.25, 0.3) is 0 Å². The Labute approximate surface area is 664 Å². The standard InChI is InChI=1S/C72H104N16O28/c1-7-8-9-10-11-12-13-20-53(92)80-42(25-38-21-22-50(114-5)51(26-38)115-6)66(107)83-43(28-52(75)91)67(108)85-46(31-59(101)102)68(109)88-61-37(4)116-72(113)47(27-49(90)39-17-14-15-18-40(39)74)86-71(112)60(35(2)24-56(95)96)87-69(110)48(34-89)81-55(94)32-76-63(104)44(29-57(97)98)82-62(103)36(3)78-65(106)45(30-58(99)100)84-64(105)41(19-16-23-73)79-54(93)33-77-70(61)111/h14-15,17-18,21-22,26,35-37,41-48,60-61,89H,7-13,16,19-20,23-25,27-34,73-74H2,1-6H3,(H2,75,91)(H,76,104)(H,77,111)(H,78,106)(H,79,93)(H,80,92)(H,81,94)(H,82,103)(H,83,107)(H,84,105)(H,85,108)(H,86,112)(H,87,110)(H,88,109)(H,95,96)(H,97,98)(H,99,100)(H,101,102)/t35-,36+,37+,41-,42-,43-,44-,45-,46-,47-,48+,60-,61-/m0/s1. The molecule has 0 bridgehead atoms. The highest BCUT2D eigenvalue weighted by molar-refractivity contribution is 6.05. The van der Waals surface area contributed by atoms with E-state index in [1.54, 1.807) is 0 Å². The second kappa shape index (κ2) is 49.8. The molecule has 24 N–H and O–H groups in total. The van der Waals surface area contributed by atoms with Crippen molar-refractivity contribution in [3.63, 3.8) is 0 Å². The minimum absolute atomic E-state index is 0.0483. The number of methoxy groups -OCH3 is 2. The van der Waals surface area contributed by atoms with Crippen molar-refractivity contribution in [2.75, 3.05) is 46.2 Å². The van der Waals surface area contributed by atoms with Crippen LogP contribution in [0, 0.1) is 5.92 Å². The zero-order chi connectivity index (χ0) is 87.1. The number of nitrogen functional groups attached to an aromatic ring is 1. The van der Waals surface area contributed by atoms with Crippen LogP contribution in [0.4, 0.5) is 5.69 Å². The van der Waals surface area contributed by atoms with E-state index in [4.69, 9.17) is 31.4 Å². The highest BCUT2D eigenvalue weighted by atomic mass is 16.5. The third-order valence-corrected chi connectivity index (χ3v) is 17.7. The molecular weight excluding hydrogens is 1540 g/mol. The summed E-state index contributed by atoms with van der Waals surface area (Å²) in [7, 11) is 2.70. The molecular formula is C72H104N16O28. The predicted octanol–water partition coefficient (Wildman–Crippen LogP) is -6.09. The van der Waals surface area contributed by atoms with Gasteiger partial charge in [0.2, 0.25) is 82.7 Å². The Morgan fingerprint density at radius 1 is 0.552 bits per heavy atom. The number of carboxylic acids is 4. The van der Waals surface area contributed by atoms with Gasteiger partial charge in [-0.25, -0.2) is 4.79 Å². The van der Waals surface area contributed by atoms with Crippen LogP contribution < -0.4 is 95.8 Å². The summed E-state index contributed by atoms with van der Waals surface area (Å²) in [4.78, 5) is 273. The largest absolute Gasteiger partial charge is 0.493 e. The van der Waals surface area contributed by atoms with Crippen LogP contribution >= 0.6 is 0 Å². The van der Waals surface area contributed by atoms with Gasteiger partial charge in [0.1, 0.15) is 72.6 Å². The van der Waals surface area contributed by atoms with Gasteiger partial charge in [-0.1, -0.05) is 70.6 Å². The number of Topliss-reactive ketones (excluding diaryl/α,β-unsaturated/α-hetero) is 1. The number of nitrogens with two attached hydrogens (primary N) is 3. The number of para-hydroxylation sites is 1. The molecule has 116 heavy (non-hydrogen) atoms. The number of anilines is 1. The summed E-state index contributed by atoms with van der Waals surface area (Å²) in [5, 5.41) is 77.9. The average molecular weight is 1640 g/mol. The Morgan fingerprint density at radius 2 is 1.09 bits per heavy atom. The molecule has 0 spiro atoms. The molecule has 0 saturated carbocycles. The van der Waals surface area contributed by atoms with Gasteiger partial charge in [-0.15, -0.1) is 0 Å². The van der Waals surface area contributed by atoms with Crippen molar-refractivity contribution in [2.24, 2.45) is 17.4 Å². The second-order valence-electron chi connectivity index (χ2n) is 27.1. The number of ketones is 1. The molecule has 1 aliphatic heterocycles. The number of rotatable bonds is 37. The van der Waals surface area contributed by atoms with Crippen LogP contribution in [0.5, 0.6) is 11.5 Å². The Morgan fingerprint density at radius 3 is 1.66 bits per heavy atom. The highest BCUT2D eigenvalue weighted by Crippen LogP contribution is 2.28. The van der Waals surface area contributed by atoms with E-state index in [0.29, 0.717) is 18.4 Å². The molecule has 0 aliphatic carbocycles. The molecule has 0 aromatic heterocycles. The first-order valence-corrected chi connectivity index (χ1v) is 36.9. The Bertz CT molecular complexity index is 3880. The van der Waals surface area contributed by atoms with Gasteiger partial charge in [-0.2, -0.15) is 0 Å². The molecule has 1 heterocycles. The van der Waals surface area contributed by atoms with Crippen molar-refractivity contribution in [1.29, 1.82) is 0 Å². The Hall–Kier alpha value is -12.6. The summed E-state index contributed by atoms with van der Waals surface area (Å²) in [5.74, 6) is -29.5. The van der Waals surface area contributed by atoms with Gasteiger partial charge in [-0.3, -0.25) is 91.1 Å². The molecule has 1 fully saturated rings. The summed E-state index contributed by atoms with van der Waals surface area (Å²) >= 11 is 0. The number of nitrogens with one attached hydrogen (secondary N) is 13. The summed E-state index contributed by atoms with van der Waals surface area (Å²) in [6.07, 6.45) is -4.22. The number of esters is 1. The van der Waals surface area contributed by atoms with Crippen LogP contribution in [-0.4, -0.2) is 257 Å². The van der Waals surface area contributed by atoms with Crippen LogP contribution in [0.15, 0.2) is 42.5 Å². The zero-order valence-electron chi connectivity index (χ0n) is 64.8. The van der Waals surface area contributed by atoms with E-state index in [1.807, 2.05) is 16.0 Å². The quantitative estimate of drug-likeness (QED) is 0.0130. The lowest BCUT2D eigenvalue weighted by atomic mass is 9.96. The summed E-state index contributed by atoms with van der Waals surface area (Å²) in [5.41, 5.74) is 17.3. The van der Waals surface area contributed by atoms with E-state index in [-0.39, 0.29) is 48.6 Å². The van der Waals surface area contributed by atoms with Crippen LogP contribution in [0.2, 0.25) is 0 Å². The number of cyclic esters (lactones) is 1. The average Bonchev–Trinajstić information content (AvgIpc) is 0.846. The van der Waals surface area contributed by atoms with Gasteiger partial charge in [-0.05, 0) is 75.4 Å². The summed E-state index contributed by atoms with van der Waals surface area (Å²) in [6.45, 7) is 1.07. The highest BCUT2D eigenvalue weighted by Gasteiger charge is 2.41. The number of aliphatic hydroxyl groups is 1. The van der Waals surface area contributed by atoms with Crippen LogP contribution in [0.3, 0.4) is 0 Å². The monoisotopic (exact) mass is 1640 g/mol. The van der Waals surface area contributed by atoms with Gasteiger partial charge >= 0.3 is 29.8 Å². The predicted molar refractivity (Wildman–Crippen MR) is 402 cm³/mol. The first kappa shape index (κ1) is 97.6. The summed E-state index contributed by atoms with van der Waals surface area (Å²) < 4.78 is 16.4. The number of ether oxygens (including phenoxy) is 3.